The second-order valence-electron chi connectivity index (χ2n) is 7.95. The molecule has 0 spiro atoms. The summed E-state index contributed by atoms with van der Waals surface area (Å²) in [5, 5.41) is 11.2. The molecule has 2 aromatic carbocycles. The van der Waals surface area contributed by atoms with Gasteiger partial charge in [0.1, 0.15) is 23.5 Å². The monoisotopic (exact) mass is 442 g/mol. The molecule has 1 aliphatic rings. The Morgan fingerprint density at radius 2 is 2.06 bits per heavy atom. The highest BCUT2D eigenvalue weighted by Gasteiger charge is 2.21. The average Bonchev–Trinajstić information content (AvgIpc) is 3.35. The molecular weight excluding hydrogens is 420 g/mol. The van der Waals surface area contributed by atoms with E-state index < -0.39 is 0 Å². The molecule has 5 rings (SSSR count). The minimum absolute atomic E-state index is 0.0754. The third-order valence-electron chi connectivity index (χ3n) is 5.93. The number of benzene rings is 2. The predicted octanol–water partition coefficient (Wildman–Crippen LogP) is 3.35. The third-order valence-corrected chi connectivity index (χ3v) is 5.93. The van der Waals surface area contributed by atoms with Gasteiger partial charge in [-0.05, 0) is 36.8 Å². The quantitative estimate of drug-likeness (QED) is 0.467. The van der Waals surface area contributed by atoms with Crippen LogP contribution in [0.25, 0.3) is 21.8 Å². The van der Waals surface area contributed by atoms with Crippen LogP contribution in [0, 0.1) is 18.3 Å². The van der Waals surface area contributed by atoms with E-state index in [2.05, 4.69) is 16.0 Å². The zero-order valence-electron chi connectivity index (χ0n) is 18.4. The fraction of sp³-hybridized carbons (Fsp3) is 0.280. The molecule has 4 aromatic rings. The Morgan fingerprint density at radius 1 is 1.21 bits per heavy atom. The summed E-state index contributed by atoms with van der Waals surface area (Å²) in [4.78, 5) is 22.6. The molecular formula is C25H22N4O4. The zero-order valence-corrected chi connectivity index (χ0v) is 18.4. The number of pyridine rings is 1. The van der Waals surface area contributed by atoms with Gasteiger partial charge in [-0.15, -0.1) is 0 Å². The number of nitriles is 1. The van der Waals surface area contributed by atoms with E-state index in [1.807, 2.05) is 36.4 Å². The first-order valence-corrected chi connectivity index (χ1v) is 10.7. The van der Waals surface area contributed by atoms with Crippen LogP contribution in [-0.2, 0) is 11.3 Å². The number of hydrogen-bond acceptors (Lipinski definition) is 7. The Hall–Kier alpha value is -3.96. The highest BCUT2D eigenvalue weighted by atomic mass is 16.5. The van der Waals surface area contributed by atoms with Crippen LogP contribution in [0.3, 0.4) is 0 Å². The summed E-state index contributed by atoms with van der Waals surface area (Å²) >= 11 is 0. The van der Waals surface area contributed by atoms with Crippen molar-refractivity contribution in [1.82, 2.24) is 14.5 Å². The number of aromatic nitrogens is 3. The molecule has 2 aromatic heterocycles. The lowest BCUT2D eigenvalue weighted by Gasteiger charge is -2.16. The third kappa shape index (κ3) is 3.77. The van der Waals surface area contributed by atoms with E-state index in [-0.39, 0.29) is 23.8 Å². The maximum atomic E-state index is 13.3. The van der Waals surface area contributed by atoms with Crippen LogP contribution in [0.15, 0.2) is 47.3 Å². The van der Waals surface area contributed by atoms with Crippen molar-refractivity contribution in [3.63, 3.8) is 0 Å². The van der Waals surface area contributed by atoms with E-state index in [0.717, 1.165) is 22.7 Å². The van der Waals surface area contributed by atoms with Crippen molar-refractivity contribution in [3.8, 4) is 17.7 Å². The van der Waals surface area contributed by atoms with Gasteiger partial charge in [0.05, 0.1) is 43.3 Å². The van der Waals surface area contributed by atoms with Gasteiger partial charge in [0, 0.05) is 17.9 Å². The molecule has 1 fully saturated rings. The standard InChI is InChI=1S/C25H22N4O4/c1-15-18-8-7-16(31-2)11-22(18)29(25(30)20(15)12-26)13-23-27-21-6-4-3-5-19(21)24(28-23)33-17-9-10-32-14-17/h3-8,11,17H,9-10,13-14H2,1-2H3. The van der Waals surface area contributed by atoms with Gasteiger partial charge in [0.2, 0.25) is 5.88 Å². The van der Waals surface area contributed by atoms with Gasteiger partial charge in [0.15, 0.2) is 5.82 Å². The first kappa shape index (κ1) is 20.9. The molecule has 0 saturated carbocycles. The van der Waals surface area contributed by atoms with Crippen LogP contribution in [0.1, 0.15) is 23.4 Å². The van der Waals surface area contributed by atoms with E-state index >= 15 is 0 Å². The summed E-state index contributed by atoms with van der Waals surface area (Å²) in [6.07, 6.45) is 0.717. The van der Waals surface area contributed by atoms with Gasteiger partial charge in [0.25, 0.3) is 5.56 Å². The molecule has 1 saturated heterocycles. The lowest BCUT2D eigenvalue weighted by Crippen LogP contribution is -2.26. The smallest absolute Gasteiger partial charge is 0.269 e. The molecule has 0 N–H and O–H groups in total. The maximum absolute atomic E-state index is 13.3. The number of ether oxygens (including phenoxy) is 3. The van der Waals surface area contributed by atoms with Crippen LogP contribution in [-0.4, -0.2) is 41.0 Å². The van der Waals surface area contributed by atoms with E-state index in [1.54, 1.807) is 20.1 Å². The zero-order chi connectivity index (χ0) is 22.9. The summed E-state index contributed by atoms with van der Waals surface area (Å²) in [5.41, 5.74) is 1.73. The molecule has 0 bridgehead atoms. The van der Waals surface area contributed by atoms with Crippen molar-refractivity contribution in [2.24, 2.45) is 0 Å². The first-order chi connectivity index (χ1) is 16.1. The number of methoxy groups -OCH3 is 1. The van der Waals surface area contributed by atoms with Gasteiger partial charge < -0.3 is 14.2 Å². The molecule has 0 amide bonds. The highest BCUT2D eigenvalue weighted by molar-refractivity contribution is 5.86. The summed E-state index contributed by atoms with van der Waals surface area (Å²) in [6.45, 7) is 3.03. The minimum Gasteiger partial charge on any atom is -0.497 e. The van der Waals surface area contributed by atoms with Gasteiger partial charge in [-0.1, -0.05) is 12.1 Å². The number of nitrogens with zero attached hydrogens (tertiary/aromatic N) is 4. The molecule has 1 atom stereocenters. The van der Waals surface area contributed by atoms with E-state index in [1.165, 1.54) is 4.57 Å². The van der Waals surface area contributed by atoms with E-state index in [9.17, 15) is 10.1 Å². The van der Waals surface area contributed by atoms with Crippen LogP contribution in [0.5, 0.6) is 11.6 Å². The summed E-state index contributed by atoms with van der Waals surface area (Å²) in [7, 11) is 1.57. The largest absolute Gasteiger partial charge is 0.497 e. The summed E-state index contributed by atoms with van der Waals surface area (Å²) < 4.78 is 18.5. The van der Waals surface area contributed by atoms with Crippen molar-refractivity contribution in [2.75, 3.05) is 20.3 Å². The number of fused-ring (bicyclic) bond motifs is 2. The molecule has 33 heavy (non-hydrogen) atoms. The molecule has 1 aliphatic heterocycles. The van der Waals surface area contributed by atoms with Crippen molar-refractivity contribution < 1.29 is 14.2 Å². The Bertz CT molecular complexity index is 1470. The number of hydrogen-bond donors (Lipinski definition) is 0. The average molecular weight is 442 g/mol. The highest BCUT2D eigenvalue weighted by Crippen LogP contribution is 2.27. The predicted molar refractivity (Wildman–Crippen MR) is 123 cm³/mol. The molecule has 8 nitrogen and oxygen atoms in total. The van der Waals surface area contributed by atoms with Crippen LogP contribution >= 0.6 is 0 Å². The number of aryl methyl sites for hydroxylation is 1. The molecule has 1 unspecified atom stereocenters. The van der Waals surface area contributed by atoms with E-state index in [0.29, 0.717) is 41.7 Å². The second-order valence-corrected chi connectivity index (χ2v) is 7.95. The summed E-state index contributed by atoms with van der Waals surface area (Å²) in [6, 6.07) is 15.1. The lowest BCUT2D eigenvalue weighted by molar-refractivity contribution is 0.139. The fourth-order valence-electron chi connectivity index (χ4n) is 4.17. The van der Waals surface area contributed by atoms with Gasteiger partial charge in [-0.2, -0.15) is 10.2 Å². The molecule has 166 valence electrons. The van der Waals surface area contributed by atoms with Crippen LogP contribution < -0.4 is 15.0 Å². The second kappa shape index (κ2) is 8.52. The SMILES string of the molecule is COc1ccc2c(C)c(C#N)c(=O)n(Cc3nc(OC4CCOC4)c4ccccc4n3)c2c1. The Balaban J connectivity index is 1.67. The van der Waals surface area contributed by atoms with Gasteiger partial charge in [-0.3, -0.25) is 9.36 Å². The van der Waals surface area contributed by atoms with Crippen molar-refractivity contribution in [2.45, 2.75) is 26.0 Å². The maximum Gasteiger partial charge on any atom is 0.269 e. The topological polar surface area (TPSA) is 99.3 Å². The first-order valence-electron chi connectivity index (χ1n) is 10.7. The Kier molecular flexibility index (Phi) is 5.40. The fourth-order valence-corrected chi connectivity index (χ4v) is 4.17. The van der Waals surface area contributed by atoms with Gasteiger partial charge in [-0.25, -0.2) is 4.98 Å². The number of para-hydroxylation sites is 1. The molecule has 0 aliphatic carbocycles. The van der Waals surface area contributed by atoms with Crippen LogP contribution in [0.4, 0.5) is 0 Å². The van der Waals surface area contributed by atoms with Gasteiger partial charge >= 0.3 is 0 Å². The molecule has 0 radical (unpaired) electrons. The summed E-state index contributed by atoms with van der Waals surface area (Å²) in [5.74, 6) is 1.50. The molecule has 8 heteroatoms. The molecule has 3 heterocycles. The van der Waals surface area contributed by atoms with Crippen molar-refractivity contribution in [3.05, 3.63) is 69.8 Å². The minimum atomic E-state index is -0.390. The van der Waals surface area contributed by atoms with E-state index in [4.69, 9.17) is 14.2 Å². The van der Waals surface area contributed by atoms with Crippen molar-refractivity contribution >= 4 is 21.8 Å². The Labute approximate surface area is 190 Å². The Morgan fingerprint density at radius 3 is 2.82 bits per heavy atom. The van der Waals surface area contributed by atoms with Crippen LogP contribution in [0.2, 0.25) is 0 Å². The van der Waals surface area contributed by atoms with Crippen molar-refractivity contribution in [1.29, 1.82) is 5.26 Å². The number of rotatable bonds is 5. The normalized spacial score (nSPS) is 15.6. The lowest BCUT2D eigenvalue weighted by atomic mass is 10.0.